The van der Waals surface area contributed by atoms with E-state index in [9.17, 15) is 9.59 Å². The van der Waals surface area contributed by atoms with Crippen molar-refractivity contribution in [2.75, 3.05) is 11.9 Å². The van der Waals surface area contributed by atoms with E-state index >= 15 is 0 Å². The Bertz CT molecular complexity index is 1480. The van der Waals surface area contributed by atoms with E-state index in [0.29, 0.717) is 33.1 Å². The molecule has 1 N–H and O–H groups in total. The molecule has 0 unspecified atom stereocenters. The highest BCUT2D eigenvalue weighted by atomic mass is 79.9. The summed E-state index contributed by atoms with van der Waals surface area (Å²) in [6.45, 7) is 3.44. The van der Waals surface area contributed by atoms with Crippen LogP contribution in [0.15, 0.2) is 75.0 Å². The first-order valence-electron chi connectivity index (χ1n) is 10.3. The molecule has 34 heavy (non-hydrogen) atoms. The zero-order valence-corrected chi connectivity index (χ0v) is 20.7. The van der Waals surface area contributed by atoms with Crippen LogP contribution in [0.2, 0.25) is 5.02 Å². The van der Waals surface area contributed by atoms with Gasteiger partial charge in [0, 0.05) is 10.2 Å². The third-order valence-electron chi connectivity index (χ3n) is 5.03. The number of aryl methyl sites for hydroxylation is 2. The number of ether oxygens (including phenoxy) is 1. The van der Waals surface area contributed by atoms with Crippen LogP contribution in [0.1, 0.15) is 17.0 Å². The van der Waals surface area contributed by atoms with Gasteiger partial charge in [0.15, 0.2) is 6.61 Å². The summed E-state index contributed by atoms with van der Waals surface area (Å²) in [6, 6.07) is 17.8. The molecule has 0 saturated heterocycles. The second-order valence-corrected chi connectivity index (χ2v) is 8.85. The van der Waals surface area contributed by atoms with E-state index < -0.39 is 0 Å². The predicted octanol–water partition coefficient (Wildman–Crippen LogP) is 5.33. The maximum atomic E-state index is 12.8. The van der Waals surface area contributed by atoms with Gasteiger partial charge in [-0.1, -0.05) is 45.7 Å². The predicted molar refractivity (Wildman–Crippen MR) is 138 cm³/mol. The lowest BCUT2D eigenvalue weighted by atomic mass is 10.2. The van der Waals surface area contributed by atoms with Crippen LogP contribution in [0.5, 0.6) is 5.75 Å². The van der Waals surface area contributed by atoms with Gasteiger partial charge in [0.2, 0.25) is 0 Å². The van der Waals surface area contributed by atoms with Crippen molar-refractivity contribution in [3.8, 4) is 5.75 Å². The van der Waals surface area contributed by atoms with Crippen molar-refractivity contribution in [2.24, 2.45) is 5.10 Å². The number of aromatic nitrogens is 2. The molecule has 172 valence electrons. The molecule has 1 aromatic heterocycles. The Hall–Kier alpha value is -3.49. The van der Waals surface area contributed by atoms with Crippen LogP contribution in [-0.4, -0.2) is 28.4 Å². The van der Waals surface area contributed by atoms with Gasteiger partial charge in [0.25, 0.3) is 11.5 Å². The maximum absolute atomic E-state index is 12.8. The first-order valence-corrected chi connectivity index (χ1v) is 11.5. The van der Waals surface area contributed by atoms with E-state index in [2.05, 4.69) is 31.3 Å². The smallest absolute Gasteiger partial charge is 0.282 e. The minimum Gasteiger partial charge on any atom is -0.482 e. The summed E-state index contributed by atoms with van der Waals surface area (Å²) < 4.78 is 7.59. The average molecular weight is 540 g/mol. The molecule has 4 aromatic rings. The number of hydrogen-bond acceptors (Lipinski definition) is 5. The second-order valence-electron chi connectivity index (χ2n) is 7.52. The monoisotopic (exact) mass is 538 g/mol. The van der Waals surface area contributed by atoms with Crippen molar-refractivity contribution in [3.05, 3.63) is 97.5 Å². The van der Waals surface area contributed by atoms with Crippen LogP contribution in [-0.2, 0) is 4.79 Å². The summed E-state index contributed by atoms with van der Waals surface area (Å²) >= 11 is 9.71. The molecular formula is C25H20BrClN4O3. The average Bonchev–Trinajstić information content (AvgIpc) is 2.80. The largest absolute Gasteiger partial charge is 0.482 e. The minimum absolute atomic E-state index is 0.186. The molecular weight excluding hydrogens is 520 g/mol. The maximum Gasteiger partial charge on any atom is 0.282 e. The highest BCUT2D eigenvalue weighted by molar-refractivity contribution is 9.10. The van der Waals surface area contributed by atoms with Gasteiger partial charge in [-0.15, -0.1) is 0 Å². The van der Waals surface area contributed by atoms with Gasteiger partial charge < -0.3 is 10.1 Å². The van der Waals surface area contributed by atoms with Crippen LogP contribution in [0, 0.1) is 13.8 Å². The van der Waals surface area contributed by atoms with Crippen molar-refractivity contribution < 1.29 is 9.53 Å². The fourth-order valence-corrected chi connectivity index (χ4v) is 3.88. The number of para-hydroxylation sites is 1. The Morgan fingerprint density at radius 2 is 1.97 bits per heavy atom. The second kappa shape index (κ2) is 10.2. The molecule has 9 heteroatoms. The lowest BCUT2D eigenvalue weighted by Gasteiger charge is -2.10. The SMILES string of the molecule is Cc1ccccc1NC(=O)COc1ccc(C=Nn2c(C)nc3ccc(Br)cc3c2=O)cc1Cl. The summed E-state index contributed by atoms with van der Waals surface area (Å²) in [7, 11) is 0. The molecule has 3 aromatic carbocycles. The molecule has 7 nitrogen and oxygen atoms in total. The van der Waals surface area contributed by atoms with Crippen molar-refractivity contribution in [3.63, 3.8) is 0 Å². The zero-order chi connectivity index (χ0) is 24.2. The summed E-state index contributed by atoms with van der Waals surface area (Å²) in [4.78, 5) is 29.5. The number of carbonyl (C=O) groups excluding carboxylic acids is 1. The number of anilines is 1. The molecule has 0 aliphatic rings. The molecule has 1 heterocycles. The van der Waals surface area contributed by atoms with Gasteiger partial charge >= 0.3 is 0 Å². The van der Waals surface area contributed by atoms with Crippen molar-refractivity contribution in [1.82, 2.24) is 9.66 Å². The molecule has 0 atom stereocenters. The Kier molecular flexibility index (Phi) is 7.09. The van der Waals surface area contributed by atoms with Gasteiger partial charge in [0.05, 0.1) is 22.1 Å². The molecule has 0 spiro atoms. The first kappa shape index (κ1) is 23.7. The zero-order valence-electron chi connectivity index (χ0n) is 18.4. The van der Waals surface area contributed by atoms with Crippen molar-refractivity contribution in [1.29, 1.82) is 0 Å². The molecule has 4 rings (SSSR count). The van der Waals surface area contributed by atoms with Crippen LogP contribution < -0.4 is 15.6 Å². The Labute approximate surface area is 209 Å². The lowest BCUT2D eigenvalue weighted by Crippen LogP contribution is -2.21. The van der Waals surface area contributed by atoms with Gasteiger partial charge in [-0.3, -0.25) is 9.59 Å². The number of benzene rings is 3. The van der Waals surface area contributed by atoms with Gasteiger partial charge in [-0.25, -0.2) is 4.98 Å². The molecule has 0 saturated carbocycles. The van der Waals surface area contributed by atoms with Gasteiger partial charge in [-0.2, -0.15) is 9.78 Å². The van der Waals surface area contributed by atoms with E-state index in [1.165, 1.54) is 10.9 Å². The third-order valence-corrected chi connectivity index (χ3v) is 5.81. The number of amides is 1. The molecule has 0 radical (unpaired) electrons. The van der Waals surface area contributed by atoms with Crippen molar-refractivity contribution >= 4 is 56.2 Å². The minimum atomic E-state index is -0.290. The Morgan fingerprint density at radius 1 is 1.18 bits per heavy atom. The summed E-state index contributed by atoms with van der Waals surface area (Å²) in [5, 5.41) is 7.88. The Balaban J connectivity index is 1.47. The van der Waals surface area contributed by atoms with Crippen LogP contribution in [0.4, 0.5) is 5.69 Å². The highest BCUT2D eigenvalue weighted by Crippen LogP contribution is 2.25. The number of fused-ring (bicyclic) bond motifs is 1. The van der Waals surface area contributed by atoms with Crippen LogP contribution in [0.3, 0.4) is 0 Å². The molecule has 0 aliphatic heterocycles. The highest BCUT2D eigenvalue weighted by Gasteiger charge is 2.10. The van der Waals surface area contributed by atoms with E-state index in [4.69, 9.17) is 16.3 Å². The van der Waals surface area contributed by atoms with E-state index in [1.54, 1.807) is 37.3 Å². The number of hydrogen-bond donors (Lipinski definition) is 1. The quantitative estimate of drug-likeness (QED) is 0.336. The lowest BCUT2D eigenvalue weighted by molar-refractivity contribution is -0.118. The fourth-order valence-electron chi connectivity index (χ4n) is 3.28. The van der Waals surface area contributed by atoms with Crippen LogP contribution in [0.25, 0.3) is 10.9 Å². The molecule has 1 amide bonds. The van der Waals surface area contributed by atoms with Crippen molar-refractivity contribution in [2.45, 2.75) is 13.8 Å². The number of nitrogens with zero attached hydrogens (tertiary/aromatic N) is 3. The molecule has 0 aliphatic carbocycles. The fraction of sp³-hybridized carbons (Fsp3) is 0.120. The summed E-state index contributed by atoms with van der Waals surface area (Å²) in [6.07, 6.45) is 1.51. The summed E-state index contributed by atoms with van der Waals surface area (Å²) in [5.41, 5.74) is 2.68. The molecule has 0 fully saturated rings. The topological polar surface area (TPSA) is 85.6 Å². The summed E-state index contributed by atoms with van der Waals surface area (Å²) in [5.74, 6) is 0.535. The third kappa shape index (κ3) is 5.35. The number of rotatable bonds is 6. The standard InChI is InChI=1S/C25H20BrClN4O3/c1-15-5-3-4-6-21(15)30-24(32)14-34-23-10-7-17(11-20(23)27)13-28-31-16(2)29-22-9-8-18(26)12-19(22)25(31)33/h3-13H,14H2,1-2H3,(H,30,32). The van der Waals surface area contributed by atoms with E-state index in [-0.39, 0.29) is 18.1 Å². The normalized spacial score (nSPS) is 11.2. The Morgan fingerprint density at radius 3 is 2.74 bits per heavy atom. The first-order chi connectivity index (χ1) is 16.3. The number of nitrogens with one attached hydrogen (secondary N) is 1. The number of halogens is 2. The van der Waals surface area contributed by atoms with Gasteiger partial charge in [0.1, 0.15) is 11.6 Å². The van der Waals surface area contributed by atoms with E-state index in [1.807, 2.05) is 37.3 Å². The van der Waals surface area contributed by atoms with Gasteiger partial charge in [-0.05, 0) is 67.4 Å². The van der Waals surface area contributed by atoms with Crippen LogP contribution >= 0.6 is 27.5 Å². The van der Waals surface area contributed by atoms with E-state index in [0.717, 1.165) is 15.7 Å². The molecule has 0 bridgehead atoms. The number of carbonyl (C=O) groups is 1.